The fourth-order valence-electron chi connectivity index (χ4n) is 1.95. The first kappa shape index (κ1) is 15.8. The number of benzene rings is 2. The molecule has 106 valence electrons. The van der Waals surface area contributed by atoms with E-state index in [0.29, 0.717) is 0 Å². The number of ether oxygens (including phenoxy) is 1. The van der Waals surface area contributed by atoms with Crippen molar-refractivity contribution in [1.82, 2.24) is 0 Å². The Hall–Kier alpha value is -0.590. The molecule has 20 heavy (non-hydrogen) atoms. The number of halogens is 2. The molecule has 1 unspecified atom stereocenters. The predicted molar refractivity (Wildman–Crippen MR) is 95.1 cm³/mol. The van der Waals surface area contributed by atoms with E-state index in [4.69, 9.17) is 10.5 Å². The fourth-order valence-corrected chi connectivity index (χ4v) is 3.18. The van der Waals surface area contributed by atoms with Crippen LogP contribution in [0.3, 0.4) is 0 Å². The lowest BCUT2D eigenvalue weighted by atomic mass is 10.00. The van der Waals surface area contributed by atoms with Gasteiger partial charge in [-0.1, -0.05) is 31.2 Å². The van der Waals surface area contributed by atoms with E-state index in [0.717, 1.165) is 34.4 Å². The Balaban J connectivity index is 2.25. The summed E-state index contributed by atoms with van der Waals surface area (Å²) in [5.74, 6) is 0.866. The van der Waals surface area contributed by atoms with Crippen LogP contribution in [0.2, 0.25) is 0 Å². The van der Waals surface area contributed by atoms with Gasteiger partial charge in [0.1, 0.15) is 5.75 Å². The lowest BCUT2D eigenvalue weighted by Crippen LogP contribution is -2.13. The molecule has 0 aromatic heterocycles. The Morgan fingerprint density at radius 3 is 2.65 bits per heavy atom. The first-order valence-electron chi connectivity index (χ1n) is 6.55. The minimum absolute atomic E-state index is 0.125. The number of hydrogen-bond donors (Lipinski definition) is 1. The van der Waals surface area contributed by atoms with Crippen molar-refractivity contribution in [2.24, 2.45) is 5.73 Å². The zero-order chi connectivity index (χ0) is 14.5. The van der Waals surface area contributed by atoms with Crippen molar-refractivity contribution in [3.63, 3.8) is 0 Å². The van der Waals surface area contributed by atoms with Crippen LogP contribution >= 0.6 is 38.5 Å². The molecule has 2 aromatic carbocycles. The molecule has 0 fully saturated rings. The molecule has 0 spiro atoms. The second-order valence-electron chi connectivity index (χ2n) is 4.54. The minimum atomic E-state index is -0.125. The van der Waals surface area contributed by atoms with E-state index in [1.54, 1.807) is 0 Å². The maximum Gasteiger partial charge on any atom is 0.133 e. The highest BCUT2D eigenvalue weighted by atomic mass is 127. The molecule has 0 aliphatic carbocycles. The Kier molecular flexibility index (Phi) is 5.86. The summed E-state index contributed by atoms with van der Waals surface area (Å²) in [6.07, 6.45) is 0.996. The third kappa shape index (κ3) is 3.74. The maximum atomic E-state index is 6.37. The third-order valence-corrected chi connectivity index (χ3v) is 4.62. The van der Waals surface area contributed by atoms with E-state index in [9.17, 15) is 0 Å². The smallest absolute Gasteiger partial charge is 0.133 e. The highest BCUT2D eigenvalue weighted by molar-refractivity contribution is 14.1. The quantitative estimate of drug-likeness (QED) is 0.665. The normalized spacial score (nSPS) is 12.2. The lowest BCUT2D eigenvalue weighted by Gasteiger charge is -2.16. The second-order valence-corrected chi connectivity index (χ2v) is 6.55. The Labute approximate surface area is 142 Å². The summed E-state index contributed by atoms with van der Waals surface area (Å²) >= 11 is 5.87. The van der Waals surface area contributed by atoms with E-state index in [1.807, 2.05) is 30.3 Å². The molecule has 4 heteroatoms. The van der Waals surface area contributed by atoms with Crippen molar-refractivity contribution in [2.75, 3.05) is 6.61 Å². The zero-order valence-corrected chi connectivity index (χ0v) is 15.0. The Morgan fingerprint density at radius 1 is 1.25 bits per heavy atom. The van der Waals surface area contributed by atoms with Gasteiger partial charge in [0.15, 0.2) is 0 Å². The van der Waals surface area contributed by atoms with Crippen LogP contribution < -0.4 is 10.5 Å². The largest absolute Gasteiger partial charge is 0.492 e. The SMILES string of the molecule is CCCOc1ccc(C(N)c2ccccc2I)cc1Br. The molecular weight excluding hydrogens is 429 g/mol. The van der Waals surface area contributed by atoms with E-state index in [1.165, 1.54) is 3.57 Å². The standard InChI is InChI=1S/C16H17BrINO/c1-2-9-20-15-8-7-11(10-13(15)17)16(19)12-5-3-4-6-14(12)18/h3-8,10,16H,2,9,19H2,1H3. The first-order chi connectivity index (χ1) is 9.63. The molecule has 0 saturated carbocycles. The van der Waals surface area contributed by atoms with Gasteiger partial charge in [0.25, 0.3) is 0 Å². The van der Waals surface area contributed by atoms with Crippen LogP contribution in [0, 0.1) is 3.57 Å². The van der Waals surface area contributed by atoms with Crippen molar-refractivity contribution in [1.29, 1.82) is 0 Å². The van der Waals surface area contributed by atoms with Gasteiger partial charge in [-0.25, -0.2) is 0 Å². The van der Waals surface area contributed by atoms with Gasteiger partial charge in [-0.3, -0.25) is 0 Å². The summed E-state index contributed by atoms with van der Waals surface area (Å²) < 4.78 is 7.79. The third-order valence-electron chi connectivity index (χ3n) is 3.02. The topological polar surface area (TPSA) is 35.2 Å². The van der Waals surface area contributed by atoms with Crippen molar-refractivity contribution in [3.8, 4) is 5.75 Å². The second kappa shape index (κ2) is 7.43. The summed E-state index contributed by atoms with van der Waals surface area (Å²) in [4.78, 5) is 0. The van der Waals surface area contributed by atoms with Crippen LogP contribution in [0.15, 0.2) is 46.9 Å². The number of hydrogen-bond acceptors (Lipinski definition) is 2. The van der Waals surface area contributed by atoms with Gasteiger partial charge in [0.2, 0.25) is 0 Å². The van der Waals surface area contributed by atoms with Gasteiger partial charge in [0, 0.05) is 3.57 Å². The van der Waals surface area contributed by atoms with Crippen molar-refractivity contribution in [3.05, 3.63) is 61.6 Å². The molecule has 2 nitrogen and oxygen atoms in total. The molecule has 0 aliphatic rings. The van der Waals surface area contributed by atoms with Gasteiger partial charge in [-0.15, -0.1) is 0 Å². The summed E-state index contributed by atoms with van der Waals surface area (Å²) in [6, 6.07) is 14.1. The van der Waals surface area contributed by atoms with Gasteiger partial charge >= 0.3 is 0 Å². The van der Waals surface area contributed by atoms with Crippen LogP contribution in [-0.4, -0.2) is 6.61 Å². The fraction of sp³-hybridized carbons (Fsp3) is 0.250. The van der Waals surface area contributed by atoms with Gasteiger partial charge in [-0.05, 0) is 74.3 Å². The van der Waals surface area contributed by atoms with E-state index >= 15 is 0 Å². The summed E-state index contributed by atoms with van der Waals surface area (Å²) in [6.45, 7) is 2.82. The van der Waals surface area contributed by atoms with Crippen LogP contribution in [0.25, 0.3) is 0 Å². The molecule has 0 heterocycles. The van der Waals surface area contributed by atoms with Crippen LogP contribution in [-0.2, 0) is 0 Å². The molecule has 0 amide bonds. The van der Waals surface area contributed by atoms with Gasteiger partial charge < -0.3 is 10.5 Å². The first-order valence-corrected chi connectivity index (χ1v) is 8.43. The molecule has 0 bridgehead atoms. The monoisotopic (exact) mass is 445 g/mol. The number of rotatable bonds is 5. The maximum absolute atomic E-state index is 6.37. The predicted octanol–water partition coefficient (Wildman–Crippen LogP) is 4.89. The van der Waals surface area contributed by atoms with Crippen LogP contribution in [0.4, 0.5) is 0 Å². The van der Waals surface area contributed by atoms with Crippen molar-refractivity contribution < 1.29 is 4.74 Å². The highest BCUT2D eigenvalue weighted by Crippen LogP contribution is 2.31. The zero-order valence-electron chi connectivity index (χ0n) is 11.3. The molecule has 0 radical (unpaired) electrons. The molecule has 2 aromatic rings. The van der Waals surface area contributed by atoms with Crippen molar-refractivity contribution in [2.45, 2.75) is 19.4 Å². The molecule has 0 aliphatic heterocycles. The van der Waals surface area contributed by atoms with Gasteiger partial charge in [-0.2, -0.15) is 0 Å². The average Bonchev–Trinajstić information content (AvgIpc) is 2.46. The molecular formula is C16H17BrINO. The van der Waals surface area contributed by atoms with Crippen LogP contribution in [0.1, 0.15) is 30.5 Å². The van der Waals surface area contributed by atoms with Gasteiger partial charge in [0.05, 0.1) is 17.1 Å². The molecule has 0 saturated heterocycles. The molecule has 2 N–H and O–H groups in total. The number of nitrogens with two attached hydrogens (primary N) is 1. The average molecular weight is 446 g/mol. The van der Waals surface area contributed by atoms with E-state index in [2.05, 4.69) is 57.6 Å². The highest BCUT2D eigenvalue weighted by Gasteiger charge is 2.13. The minimum Gasteiger partial charge on any atom is -0.492 e. The summed E-state index contributed by atoms with van der Waals surface area (Å²) in [5, 5.41) is 0. The van der Waals surface area contributed by atoms with E-state index in [-0.39, 0.29) is 6.04 Å². The lowest BCUT2D eigenvalue weighted by molar-refractivity contribution is 0.315. The van der Waals surface area contributed by atoms with Crippen molar-refractivity contribution >= 4 is 38.5 Å². The van der Waals surface area contributed by atoms with E-state index < -0.39 is 0 Å². The summed E-state index contributed by atoms with van der Waals surface area (Å²) in [7, 11) is 0. The summed E-state index contributed by atoms with van der Waals surface area (Å²) in [5.41, 5.74) is 8.58. The Morgan fingerprint density at radius 2 is 2.00 bits per heavy atom. The van der Waals surface area contributed by atoms with Crippen LogP contribution in [0.5, 0.6) is 5.75 Å². The Bertz CT molecular complexity index is 588. The molecule has 1 atom stereocenters. The molecule has 2 rings (SSSR count).